The van der Waals surface area contributed by atoms with Crippen molar-refractivity contribution in [3.8, 4) is 0 Å². The minimum Gasteiger partial charge on any atom is -0.379 e. The number of hydrogen-bond acceptors (Lipinski definition) is 4. The fraction of sp³-hybridized carbons (Fsp3) is 0.583. The molecule has 0 spiro atoms. The van der Waals surface area contributed by atoms with Crippen molar-refractivity contribution >= 4 is 22.8 Å². The van der Waals surface area contributed by atoms with Gasteiger partial charge in [-0.1, -0.05) is 25.1 Å². The van der Waals surface area contributed by atoms with E-state index < -0.39 is 0 Å². The first-order valence-electron chi connectivity index (χ1n) is 11.7. The Balaban J connectivity index is 1.52. The van der Waals surface area contributed by atoms with Gasteiger partial charge in [0.25, 0.3) is 0 Å². The molecule has 1 aromatic heterocycles. The lowest BCUT2D eigenvalue weighted by molar-refractivity contribution is -0.127. The third-order valence-electron chi connectivity index (χ3n) is 5.87. The van der Waals surface area contributed by atoms with Gasteiger partial charge in [-0.3, -0.25) is 9.69 Å². The van der Waals surface area contributed by atoms with Gasteiger partial charge in [0.15, 0.2) is 5.96 Å². The Morgan fingerprint density at radius 3 is 2.72 bits per heavy atom. The van der Waals surface area contributed by atoms with Crippen LogP contribution >= 0.6 is 0 Å². The number of aromatic amines is 1. The molecule has 1 amide bonds. The summed E-state index contributed by atoms with van der Waals surface area (Å²) in [5.41, 5.74) is 3.86. The van der Waals surface area contributed by atoms with Gasteiger partial charge in [0.1, 0.15) is 6.54 Å². The predicted octanol–water partition coefficient (Wildman–Crippen LogP) is 1.62. The number of carbonyl (C=O) groups is 1. The molecule has 32 heavy (non-hydrogen) atoms. The van der Waals surface area contributed by atoms with Crippen LogP contribution in [0.15, 0.2) is 29.4 Å². The van der Waals surface area contributed by atoms with Crippen LogP contribution in [0.5, 0.6) is 0 Å². The number of aryl methyl sites for hydroxylation is 1. The van der Waals surface area contributed by atoms with Crippen LogP contribution < -0.4 is 10.6 Å². The van der Waals surface area contributed by atoms with E-state index in [0.29, 0.717) is 5.96 Å². The molecule has 0 aliphatic carbocycles. The molecule has 0 atom stereocenters. The summed E-state index contributed by atoms with van der Waals surface area (Å²) in [6, 6.07) is 6.48. The summed E-state index contributed by atoms with van der Waals surface area (Å²) in [6.45, 7) is 8.56. The molecule has 1 aliphatic rings. The summed E-state index contributed by atoms with van der Waals surface area (Å²) in [5.74, 6) is 0.680. The number of benzene rings is 1. The summed E-state index contributed by atoms with van der Waals surface area (Å²) in [6.07, 6.45) is 5.02. The van der Waals surface area contributed by atoms with E-state index in [1.807, 2.05) is 0 Å². The highest BCUT2D eigenvalue weighted by molar-refractivity contribution is 5.86. The van der Waals surface area contributed by atoms with Crippen molar-refractivity contribution in [1.82, 2.24) is 25.4 Å². The Kier molecular flexibility index (Phi) is 9.37. The molecule has 1 aromatic carbocycles. The van der Waals surface area contributed by atoms with Crippen LogP contribution in [0.3, 0.4) is 0 Å². The number of ether oxygens (including phenoxy) is 1. The Morgan fingerprint density at radius 1 is 1.19 bits per heavy atom. The smallest absolute Gasteiger partial charge is 0.243 e. The van der Waals surface area contributed by atoms with Gasteiger partial charge in [-0.25, -0.2) is 4.99 Å². The average molecular weight is 443 g/mol. The quantitative estimate of drug-likeness (QED) is 0.296. The number of nitrogens with one attached hydrogen (secondary N) is 3. The highest BCUT2D eigenvalue weighted by Crippen LogP contribution is 2.22. The highest BCUT2D eigenvalue weighted by Gasteiger charge is 2.10. The molecule has 0 radical (unpaired) electrons. The molecule has 1 fully saturated rings. The fourth-order valence-corrected chi connectivity index (χ4v) is 3.89. The van der Waals surface area contributed by atoms with E-state index in [-0.39, 0.29) is 12.5 Å². The standard InChI is InChI=1S/C24H38N6O2/c1-4-19-7-5-8-21-20(17-27-23(19)21)9-11-26-24(28-18-22(31)29(2)3)25-10-6-12-30-13-15-32-16-14-30/h5,7-8,17,27H,4,6,9-16,18H2,1-3H3,(H2,25,26,28). The van der Waals surface area contributed by atoms with Crippen LogP contribution in [0.1, 0.15) is 24.5 Å². The van der Waals surface area contributed by atoms with Crippen LogP contribution in [-0.4, -0.2) is 93.2 Å². The van der Waals surface area contributed by atoms with Gasteiger partial charge < -0.3 is 25.3 Å². The van der Waals surface area contributed by atoms with Crippen LogP contribution in [0.25, 0.3) is 10.9 Å². The molecule has 8 heteroatoms. The van der Waals surface area contributed by atoms with E-state index in [4.69, 9.17) is 4.74 Å². The van der Waals surface area contributed by atoms with E-state index >= 15 is 0 Å². The zero-order chi connectivity index (χ0) is 22.8. The van der Waals surface area contributed by atoms with E-state index in [1.54, 1.807) is 19.0 Å². The average Bonchev–Trinajstić information content (AvgIpc) is 3.23. The van der Waals surface area contributed by atoms with Gasteiger partial charge in [0.05, 0.1) is 13.2 Å². The molecule has 0 saturated carbocycles. The maximum Gasteiger partial charge on any atom is 0.243 e. The van der Waals surface area contributed by atoms with Gasteiger partial charge in [-0.15, -0.1) is 0 Å². The molecule has 2 heterocycles. The summed E-state index contributed by atoms with van der Waals surface area (Å²) in [7, 11) is 3.50. The maximum absolute atomic E-state index is 12.0. The zero-order valence-corrected chi connectivity index (χ0v) is 19.7. The van der Waals surface area contributed by atoms with E-state index in [9.17, 15) is 4.79 Å². The van der Waals surface area contributed by atoms with Gasteiger partial charge in [0.2, 0.25) is 5.91 Å². The number of morpholine rings is 1. The second kappa shape index (κ2) is 12.5. The summed E-state index contributed by atoms with van der Waals surface area (Å²) in [5, 5.41) is 8.08. The number of nitrogens with zero attached hydrogens (tertiary/aromatic N) is 3. The molecule has 2 aromatic rings. The molecule has 0 bridgehead atoms. The molecule has 0 unspecified atom stereocenters. The van der Waals surface area contributed by atoms with Crippen molar-refractivity contribution in [2.45, 2.75) is 26.2 Å². The third kappa shape index (κ3) is 6.97. The molecular formula is C24H38N6O2. The lowest BCUT2D eigenvalue weighted by atomic mass is 10.1. The summed E-state index contributed by atoms with van der Waals surface area (Å²) >= 11 is 0. The molecule has 1 saturated heterocycles. The maximum atomic E-state index is 12.0. The number of para-hydroxylation sites is 1. The SMILES string of the molecule is CCc1cccc2c(CCNC(=NCC(=O)N(C)C)NCCCN3CCOCC3)c[nH]c12. The van der Waals surface area contributed by atoms with Crippen LogP contribution in [-0.2, 0) is 22.4 Å². The first-order valence-corrected chi connectivity index (χ1v) is 11.7. The minimum absolute atomic E-state index is 0.0110. The van der Waals surface area contributed by atoms with E-state index in [2.05, 4.69) is 56.8 Å². The number of amides is 1. The Bertz CT molecular complexity index is 886. The zero-order valence-electron chi connectivity index (χ0n) is 19.7. The Morgan fingerprint density at radius 2 is 1.97 bits per heavy atom. The first kappa shape index (κ1) is 24.1. The lowest BCUT2D eigenvalue weighted by Gasteiger charge is -2.26. The predicted molar refractivity (Wildman–Crippen MR) is 130 cm³/mol. The minimum atomic E-state index is -0.0110. The normalized spacial score (nSPS) is 15.2. The summed E-state index contributed by atoms with van der Waals surface area (Å²) < 4.78 is 5.41. The fourth-order valence-electron chi connectivity index (χ4n) is 3.89. The number of hydrogen-bond donors (Lipinski definition) is 3. The summed E-state index contributed by atoms with van der Waals surface area (Å²) in [4.78, 5) is 23.9. The molecular weight excluding hydrogens is 404 g/mol. The topological polar surface area (TPSA) is 85.0 Å². The number of rotatable bonds is 10. The second-order valence-corrected chi connectivity index (χ2v) is 8.37. The van der Waals surface area contributed by atoms with E-state index in [1.165, 1.54) is 22.0 Å². The Hall–Kier alpha value is -2.58. The molecule has 3 N–H and O–H groups in total. The number of aliphatic imine (C=N–C) groups is 1. The second-order valence-electron chi connectivity index (χ2n) is 8.37. The van der Waals surface area contributed by atoms with Crippen LogP contribution in [0, 0.1) is 0 Å². The van der Waals surface area contributed by atoms with Crippen molar-refractivity contribution in [2.75, 3.05) is 66.6 Å². The monoisotopic (exact) mass is 442 g/mol. The van der Waals surface area contributed by atoms with Crippen molar-refractivity contribution < 1.29 is 9.53 Å². The Labute approximate surface area is 191 Å². The third-order valence-corrected chi connectivity index (χ3v) is 5.87. The number of H-pyrrole nitrogens is 1. The number of fused-ring (bicyclic) bond motifs is 1. The number of aromatic nitrogens is 1. The number of guanidine groups is 1. The first-order chi connectivity index (χ1) is 15.6. The van der Waals surface area contributed by atoms with Crippen molar-refractivity contribution in [2.24, 2.45) is 4.99 Å². The lowest BCUT2D eigenvalue weighted by Crippen LogP contribution is -2.41. The van der Waals surface area contributed by atoms with Gasteiger partial charge in [-0.2, -0.15) is 0 Å². The van der Waals surface area contributed by atoms with Crippen molar-refractivity contribution in [1.29, 1.82) is 0 Å². The number of likely N-dealkylation sites (N-methyl/N-ethyl adjacent to an activating group) is 1. The largest absolute Gasteiger partial charge is 0.379 e. The van der Waals surface area contributed by atoms with Gasteiger partial charge >= 0.3 is 0 Å². The van der Waals surface area contributed by atoms with Crippen molar-refractivity contribution in [3.63, 3.8) is 0 Å². The van der Waals surface area contributed by atoms with Crippen LogP contribution in [0.2, 0.25) is 0 Å². The molecule has 1 aliphatic heterocycles. The van der Waals surface area contributed by atoms with Crippen LogP contribution in [0.4, 0.5) is 0 Å². The van der Waals surface area contributed by atoms with E-state index in [0.717, 1.165) is 65.2 Å². The van der Waals surface area contributed by atoms with Gasteiger partial charge in [0, 0.05) is 57.4 Å². The van der Waals surface area contributed by atoms with Gasteiger partial charge in [-0.05, 0) is 36.9 Å². The number of carbonyl (C=O) groups excluding carboxylic acids is 1. The molecule has 3 rings (SSSR count). The molecule has 8 nitrogen and oxygen atoms in total. The van der Waals surface area contributed by atoms with Crippen molar-refractivity contribution in [3.05, 3.63) is 35.5 Å². The highest BCUT2D eigenvalue weighted by atomic mass is 16.5. The molecule has 176 valence electrons.